The Labute approximate surface area is 229 Å². The lowest BCUT2D eigenvalue weighted by Gasteiger charge is -2.42. The van der Waals surface area contributed by atoms with Gasteiger partial charge in [-0.25, -0.2) is 4.98 Å². The fourth-order valence-electron chi connectivity index (χ4n) is 5.99. The number of hydrogen-bond acceptors (Lipinski definition) is 4. The minimum Gasteiger partial charge on any atom is -0.484 e. The molecule has 2 aliphatic carbocycles. The average molecular weight is 537 g/mol. The summed E-state index contributed by atoms with van der Waals surface area (Å²) < 4.78 is 7.55. The summed E-state index contributed by atoms with van der Waals surface area (Å²) in [6.45, 7) is 0.343. The van der Waals surface area contributed by atoms with Crippen LogP contribution in [-0.2, 0) is 22.7 Å². The van der Waals surface area contributed by atoms with Crippen LogP contribution >= 0.6 is 11.6 Å². The second kappa shape index (κ2) is 12.7. The van der Waals surface area contributed by atoms with Gasteiger partial charge in [0.25, 0.3) is 5.91 Å². The highest BCUT2D eigenvalue weighted by Gasteiger charge is 2.33. The molecule has 1 N–H and O–H groups in total. The number of nitrogens with zero attached hydrogens (tertiary/aromatic N) is 3. The van der Waals surface area contributed by atoms with Gasteiger partial charge in [0, 0.05) is 17.1 Å². The van der Waals surface area contributed by atoms with Crippen LogP contribution in [0.3, 0.4) is 0 Å². The summed E-state index contributed by atoms with van der Waals surface area (Å²) in [5, 5.41) is 3.52. The van der Waals surface area contributed by atoms with Crippen molar-refractivity contribution in [1.82, 2.24) is 19.8 Å². The second-order valence-electron chi connectivity index (χ2n) is 10.5. The normalized spacial score (nSPS) is 16.9. The number of carbonyl (C=O) groups excluding carboxylic acids is 2. The van der Waals surface area contributed by atoms with E-state index in [1.54, 1.807) is 24.3 Å². The number of nitrogens with one attached hydrogen (secondary N) is 1. The van der Waals surface area contributed by atoms with Gasteiger partial charge in [0.1, 0.15) is 18.1 Å². The number of benzene rings is 2. The first-order valence-electron chi connectivity index (χ1n) is 14.0. The number of halogens is 1. The fraction of sp³-hybridized carbons (Fsp3) is 0.500. The zero-order chi connectivity index (χ0) is 26.3. The maximum absolute atomic E-state index is 14.0. The van der Waals surface area contributed by atoms with Crippen LogP contribution in [0.4, 0.5) is 0 Å². The van der Waals surface area contributed by atoms with E-state index in [2.05, 4.69) is 10.2 Å². The third kappa shape index (κ3) is 6.49. The zero-order valence-electron chi connectivity index (χ0n) is 21.9. The average Bonchev–Trinajstić information content (AvgIpc) is 3.30. The molecule has 38 heavy (non-hydrogen) atoms. The first-order chi connectivity index (χ1) is 18.6. The summed E-state index contributed by atoms with van der Waals surface area (Å²) in [5.74, 6) is 1.17. The number of para-hydroxylation sites is 2. The van der Waals surface area contributed by atoms with Crippen LogP contribution in [0, 0.1) is 0 Å². The minimum atomic E-state index is -0.254. The van der Waals surface area contributed by atoms with Crippen molar-refractivity contribution in [2.24, 2.45) is 0 Å². The van der Waals surface area contributed by atoms with E-state index in [1.807, 2.05) is 28.8 Å². The Bertz CT molecular complexity index is 1210. The number of fused-ring (bicyclic) bond motifs is 1. The van der Waals surface area contributed by atoms with Gasteiger partial charge in [-0.2, -0.15) is 0 Å². The highest BCUT2D eigenvalue weighted by atomic mass is 35.5. The number of aromatic nitrogens is 2. The number of ether oxygens (including phenoxy) is 1. The number of hydrogen-bond donors (Lipinski definition) is 1. The Morgan fingerprint density at radius 1 is 0.921 bits per heavy atom. The Kier molecular flexibility index (Phi) is 8.84. The van der Waals surface area contributed by atoms with Crippen LogP contribution in [0.5, 0.6) is 5.75 Å². The first kappa shape index (κ1) is 26.5. The molecule has 0 unspecified atom stereocenters. The van der Waals surface area contributed by atoms with E-state index in [0.717, 1.165) is 36.7 Å². The Hall–Kier alpha value is -3.06. The molecular formula is C30H37ClN4O3. The monoisotopic (exact) mass is 536 g/mol. The van der Waals surface area contributed by atoms with Gasteiger partial charge in [0.2, 0.25) is 5.91 Å². The molecule has 2 saturated carbocycles. The molecule has 8 heteroatoms. The summed E-state index contributed by atoms with van der Waals surface area (Å²) >= 11 is 5.91. The highest BCUT2D eigenvalue weighted by Crippen LogP contribution is 2.31. The molecule has 5 rings (SSSR count). The molecule has 3 aromatic rings. The Morgan fingerprint density at radius 3 is 2.21 bits per heavy atom. The summed E-state index contributed by atoms with van der Waals surface area (Å²) in [7, 11) is 0. The standard InChI is InChI=1S/C30H37ClN4O3/c31-22-15-17-25(18-16-22)38-21-29(36)32-19-28-33-26-13-7-8-14-27(26)34(28)20-30(37)35(23-9-3-1-4-10-23)24-11-5-2-6-12-24/h7-8,13-18,23-24H,1-6,9-12,19-21H2,(H,32,36). The Balaban J connectivity index is 1.30. The van der Waals surface area contributed by atoms with Gasteiger partial charge in [0.05, 0.1) is 17.6 Å². The molecule has 0 bridgehead atoms. The fourth-order valence-corrected chi connectivity index (χ4v) is 6.11. The van der Waals surface area contributed by atoms with Crippen LogP contribution in [0.1, 0.15) is 70.0 Å². The summed E-state index contributed by atoms with van der Waals surface area (Å²) in [6, 6.07) is 15.4. The lowest BCUT2D eigenvalue weighted by Crippen LogP contribution is -2.50. The van der Waals surface area contributed by atoms with E-state index in [4.69, 9.17) is 21.3 Å². The molecule has 0 atom stereocenters. The first-order valence-corrected chi connectivity index (χ1v) is 14.4. The molecule has 1 aromatic heterocycles. The van der Waals surface area contributed by atoms with Crippen LogP contribution < -0.4 is 10.1 Å². The molecule has 202 valence electrons. The van der Waals surface area contributed by atoms with Crippen LogP contribution in [-0.4, -0.2) is 45.0 Å². The van der Waals surface area contributed by atoms with Crippen molar-refractivity contribution in [1.29, 1.82) is 0 Å². The molecule has 0 saturated heterocycles. The molecule has 0 aliphatic heterocycles. The van der Waals surface area contributed by atoms with Gasteiger partial charge >= 0.3 is 0 Å². The largest absolute Gasteiger partial charge is 0.484 e. The zero-order valence-corrected chi connectivity index (χ0v) is 22.7. The van der Waals surface area contributed by atoms with E-state index >= 15 is 0 Å². The molecule has 1 heterocycles. The predicted octanol–water partition coefficient (Wildman–Crippen LogP) is 5.88. The molecule has 2 amide bonds. The molecule has 0 radical (unpaired) electrons. The van der Waals surface area contributed by atoms with E-state index < -0.39 is 0 Å². The second-order valence-corrected chi connectivity index (χ2v) is 10.9. The van der Waals surface area contributed by atoms with Crippen molar-refractivity contribution in [3.8, 4) is 5.75 Å². The lowest BCUT2D eigenvalue weighted by molar-refractivity contribution is -0.138. The van der Waals surface area contributed by atoms with Crippen molar-refractivity contribution in [3.05, 3.63) is 59.4 Å². The van der Waals surface area contributed by atoms with Gasteiger partial charge in [-0.1, -0.05) is 62.3 Å². The number of carbonyl (C=O) groups is 2. The van der Waals surface area contributed by atoms with Gasteiger partial charge in [-0.05, 0) is 62.1 Å². The number of amides is 2. The Morgan fingerprint density at radius 2 is 1.55 bits per heavy atom. The van der Waals surface area contributed by atoms with E-state index in [1.165, 1.54) is 38.5 Å². The summed E-state index contributed by atoms with van der Waals surface area (Å²) in [6.07, 6.45) is 11.7. The van der Waals surface area contributed by atoms with Gasteiger partial charge in [-0.3, -0.25) is 9.59 Å². The van der Waals surface area contributed by atoms with Crippen LogP contribution in [0.25, 0.3) is 11.0 Å². The molecule has 0 spiro atoms. The van der Waals surface area contributed by atoms with Crippen LogP contribution in [0.15, 0.2) is 48.5 Å². The smallest absolute Gasteiger partial charge is 0.258 e. The van der Waals surface area contributed by atoms with Gasteiger partial charge in [-0.15, -0.1) is 0 Å². The summed E-state index contributed by atoms with van der Waals surface area (Å²) in [4.78, 5) is 33.6. The molecule has 2 fully saturated rings. The maximum atomic E-state index is 14.0. The lowest BCUT2D eigenvalue weighted by atomic mass is 9.88. The molecule has 7 nitrogen and oxygen atoms in total. The van der Waals surface area contributed by atoms with E-state index in [0.29, 0.717) is 28.7 Å². The van der Waals surface area contributed by atoms with Gasteiger partial charge < -0.3 is 19.5 Å². The third-order valence-corrected chi connectivity index (χ3v) is 8.13. The van der Waals surface area contributed by atoms with E-state index in [9.17, 15) is 9.59 Å². The van der Waals surface area contributed by atoms with Crippen molar-refractivity contribution in [2.45, 2.75) is 89.4 Å². The van der Waals surface area contributed by atoms with Gasteiger partial charge in [0.15, 0.2) is 6.61 Å². The number of imidazole rings is 1. The highest BCUT2D eigenvalue weighted by molar-refractivity contribution is 6.30. The SMILES string of the molecule is O=C(COc1ccc(Cl)cc1)NCc1nc2ccccc2n1CC(=O)N(C1CCCCC1)C1CCCCC1. The quantitative estimate of drug-likeness (QED) is 0.370. The molecule has 2 aromatic carbocycles. The third-order valence-electron chi connectivity index (χ3n) is 7.88. The number of rotatable bonds is 9. The predicted molar refractivity (Wildman–Crippen MR) is 149 cm³/mol. The maximum Gasteiger partial charge on any atom is 0.258 e. The van der Waals surface area contributed by atoms with E-state index in [-0.39, 0.29) is 31.5 Å². The minimum absolute atomic E-state index is 0.113. The summed E-state index contributed by atoms with van der Waals surface area (Å²) in [5.41, 5.74) is 1.73. The molecular weight excluding hydrogens is 500 g/mol. The van der Waals surface area contributed by atoms with Crippen molar-refractivity contribution < 1.29 is 14.3 Å². The molecule has 2 aliphatic rings. The van der Waals surface area contributed by atoms with Crippen molar-refractivity contribution >= 4 is 34.4 Å². The van der Waals surface area contributed by atoms with Crippen LogP contribution in [0.2, 0.25) is 5.02 Å². The van der Waals surface area contributed by atoms with Crippen molar-refractivity contribution in [3.63, 3.8) is 0 Å². The topological polar surface area (TPSA) is 76.5 Å². The van der Waals surface area contributed by atoms with Crippen molar-refractivity contribution in [2.75, 3.05) is 6.61 Å².